The largest absolute Gasteiger partial charge is 0.0725 e. The van der Waals surface area contributed by atoms with E-state index in [1.165, 1.54) is 59.2 Å². The van der Waals surface area contributed by atoms with Crippen LogP contribution < -0.4 is 0 Å². The van der Waals surface area contributed by atoms with Gasteiger partial charge in [-0.15, -0.1) is 0 Å². The van der Waals surface area contributed by atoms with Gasteiger partial charge in [0.1, 0.15) is 0 Å². The standard InChI is InChI=1S/C31H19I/c32-22-9-7-8-20(18-22)21-16-17-30-26(19-21)25-12-3-6-15-29(25)31(30)27-13-4-1-10-23(27)24-11-2-5-14-28(24)31/h1-19H. The lowest BCUT2D eigenvalue weighted by molar-refractivity contribution is 0.794. The van der Waals surface area contributed by atoms with E-state index in [0.717, 1.165) is 0 Å². The minimum atomic E-state index is -0.247. The van der Waals surface area contributed by atoms with Gasteiger partial charge in [0, 0.05) is 3.57 Å². The molecule has 0 N–H and O–H groups in total. The van der Waals surface area contributed by atoms with Crippen LogP contribution in [0, 0.1) is 3.57 Å². The Bertz CT molecular complexity index is 1500. The number of halogens is 1. The molecule has 0 unspecified atom stereocenters. The highest BCUT2D eigenvalue weighted by Gasteiger charge is 2.51. The van der Waals surface area contributed by atoms with Crippen LogP contribution in [-0.2, 0) is 5.41 Å². The van der Waals surface area contributed by atoms with Crippen molar-refractivity contribution in [1.82, 2.24) is 0 Å². The topological polar surface area (TPSA) is 0 Å². The summed E-state index contributed by atoms with van der Waals surface area (Å²) < 4.78 is 1.26. The Hall–Kier alpha value is -3.17. The van der Waals surface area contributed by atoms with Gasteiger partial charge < -0.3 is 0 Å². The van der Waals surface area contributed by atoms with E-state index in [2.05, 4.69) is 138 Å². The van der Waals surface area contributed by atoms with E-state index in [1.54, 1.807) is 0 Å². The maximum absolute atomic E-state index is 2.40. The zero-order chi connectivity index (χ0) is 21.3. The molecule has 0 saturated heterocycles. The Kier molecular flexibility index (Phi) is 3.83. The third-order valence-electron chi connectivity index (χ3n) is 7.16. The van der Waals surface area contributed by atoms with Crippen LogP contribution in [0.4, 0.5) is 0 Å². The molecule has 0 nitrogen and oxygen atoms in total. The van der Waals surface area contributed by atoms with Gasteiger partial charge in [0.15, 0.2) is 0 Å². The number of hydrogen-bond donors (Lipinski definition) is 0. The molecular weight excluding hydrogens is 499 g/mol. The highest BCUT2D eigenvalue weighted by Crippen LogP contribution is 2.62. The number of rotatable bonds is 1. The molecule has 0 fully saturated rings. The molecular formula is C31H19I. The van der Waals surface area contributed by atoms with Crippen LogP contribution in [0.25, 0.3) is 33.4 Å². The van der Waals surface area contributed by atoms with Crippen molar-refractivity contribution in [1.29, 1.82) is 0 Å². The van der Waals surface area contributed by atoms with E-state index >= 15 is 0 Å². The Morgan fingerprint density at radius 1 is 0.406 bits per heavy atom. The van der Waals surface area contributed by atoms with Gasteiger partial charge in [-0.3, -0.25) is 0 Å². The highest BCUT2D eigenvalue weighted by molar-refractivity contribution is 14.1. The maximum atomic E-state index is 2.40. The minimum absolute atomic E-state index is 0.247. The third-order valence-corrected chi connectivity index (χ3v) is 7.83. The lowest BCUT2D eigenvalue weighted by atomic mass is 9.70. The summed E-state index contributed by atoms with van der Waals surface area (Å²) in [6, 6.07) is 42.8. The van der Waals surface area contributed by atoms with Crippen LogP contribution in [0.15, 0.2) is 115 Å². The summed E-state index contributed by atoms with van der Waals surface area (Å²) in [6.07, 6.45) is 0. The van der Waals surface area contributed by atoms with Crippen LogP contribution in [0.5, 0.6) is 0 Å². The van der Waals surface area contributed by atoms with Crippen molar-refractivity contribution in [3.05, 3.63) is 141 Å². The molecule has 32 heavy (non-hydrogen) atoms. The summed E-state index contributed by atoms with van der Waals surface area (Å²) in [7, 11) is 0. The van der Waals surface area contributed by atoms with Crippen LogP contribution in [-0.4, -0.2) is 0 Å². The first kappa shape index (κ1) is 18.4. The van der Waals surface area contributed by atoms with Crippen molar-refractivity contribution in [3.63, 3.8) is 0 Å². The third kappa shape index (κ3) is 2.27. The van der Waals surface area contributed by atoms with E-state index in [-0.39, 0.29) is 5.41 Å². The second-order valence-corrected chi connectivity index (χ2v) is 9.90. The van der Waals surface area contributed by atoms with E-state index < -0.39 is 0 Å². The molecule has 0 heterocycles. The molecule has 0 aliphatic heterocycles. The smallest absolute Gasteiger partial charge is 0.0619 e. The Balaban J connectivity index is 1.59. The summed E-state index contributed by atoms with van der Waals surface area (Å²) in [5.74, 6) is 0. The molecule has 5 aromatic carbocycles. The van der Waals surface area contributed by atoms with Crippen molar-refractivity contribution in [2.75, 3.05) is 0 Å². The molecule has 7 rings (SSSR count). The van der Waals surface area contributed by atoms with Crippen molar-refractivity contribution < 1.29 is 0 Å². The predicted octanol–water partition coefficient (Wildman–Crippen LogP) is 8.30. The van der Waals surface area contributed by atoms with Crippen molar-refractivity contribution in [2.45, 2.75) is 5.41 Å². The van der Waals surface area contributed by atoms with Crippen molar-refractivity contribution >= 4 is 22.6 Å². The fraction of sp³-hybridized carbons (Fsp3) is 0.0323. The quantitative estimate of drug-likeness (QED) is 0.192. The molecule has 0 amide bonds. The van der Waals surface area contributed by atoms with Gasteiger partial charge in [-0.1, -0.05) is 97.1 Å². The van der Waals surface area contributed by atoms with Crippen LogP contribution >= 0.6 is 22.6 Å². The molecule has 0 atom stereocenters. The van der Waals surface area contributed by atoms with Gasteiger partial charge in [0.05, 0.1) is 5.41 Å². The fourth-order valence-corrected chi connectivity index (χ4v) is 6.49. The second kappa shape index (κ2) is 6.66. The van der Waals surface area contributed by atoms with E-state index in [9.17, 15) is 0 Å². The highest BCUT2D eigenvalue weighted by atomic mass is 127. The Labute approximate surface area is 201 Å². The average Bonchev–Trinajstić information content (AvgIpc) is 3.31. The van der Waals surface area contributed by atoms with Crippen LogP contribution in [0.2, 0.25) is 0 Å². The van der Waals surface area contributed by atoms with Gasteiger partial charge in [0.25, 0.3) is 0 Å². The number of hydrogen-bond acceptors (Lipinski definition) is 0. The minimum Gasteiger partial charge on any atom is -0.0619 e. The molecule has 0 aromatic heterocycles. The molecule has 5 aromatic rings. The molecule has 0 bridgehead atoms. The second-order valence-electron chi connectivity index (χ2n) is 8.66. The molecule has 2 aliphatic rings. The zero-order valence-electron chi connectivity index (χ0n) is 17.3. The summed E-state index contributed by atoms with van der Waals surface area (Å²) in [6.45, 7) is 0. The summed E-state index contributed by atoms with van der Waals surface area (Å²) in [4.78, 5) is 0. The van der Waals surface area contributed by atoms with Crippen LogP contribution in [0.1, 0.15) is 22.3 Å². The van der Waals surface area contributed by atoms with Gasteiger partial charge in [0.2, 0.25) is 0 Å². The molecule has 150 valence electrons. The van der Waals surface area contributed by atoms with Crippen molar-refractivity contribution in [2.24, 2.45) is 0 Å². The molecule has 2 aliphatic carbocycles. The Morgan fingerprint density at radius 3 is 1.50 bits per heavy atom. The SMILES string of the molecule is Ic1cccc(-c2ccc3c(c2)-c2ccccc2C32c3ccccc3-c3ccccc32)c1. The van der Waals surface area contributed by atoms with Gasteiger partial charge >= 0.3 is 0 Å². The number of benzene rings is 5. The van der Waals surface area contributed by atoms with E-state index in [1.807, 2.05) is 0 Å². The van der Waals surface area contributed by atoms with Crippen LogP contribution in [0.3, 0.4) is 0 Å². The fourth-order valence-electron chi connectivity index (χ4n) is 5.95. The normalized spacial score (nSPS) is 14.0. The van der Waals surface area contributed by atoms with E-state index in [4.69, 9.17) is 0 Å². The summed E-state index contributed by atoms with van der Waals surface area (Å²) in [5.41, 5.74) is 13.3. The molecule has 1 spiro atoms. The molecule has 0 saturated carbocycles. The average molecular weight is 518 g/mol. The first-order valence-corrected chi connectivity index (χ1v) is 12.1. The maximum Gasteiger partial charge on any atom is 0.0725 e. The van der Waals surface area contributed by atoms with E-state index in [0.29, 0.717) is 0 Å². The number of fused-ring (bicyclic) bond motifs is 10. The lowest BCUT2D eigenvalue weighted by Gasteiger charge is -2.30. The van der Waals surface area contributed by atoms with Gasteiger partial charge in [-0.05, 0) is 96.4 Å². The van der Waals surface area contributed by atoms with Crippen molar-refractivity contribution in [3.8, 4) is 33.4 Å². The predicted molar refractivity (Wildman–Crippen MR) is 141 cm³/mol. The lowest BCUT2D eigenvalue weighted by Crippen LogP contribution is -2.25. The van der Waals surface area contributed by atoms with Gasteiger partial charge in [-0.25, -0.2) is 0 Å². The first-order chi connectivity index (χ1) is 15.8. The monoisotopic (exact) mass is 518 g/mol. The molecule has 0 radical (unpaired) electrons. The Morgan fingerprint density at radius 2 is 0.906 bits per heavy atom. The summed E-state index contributed by atoms with van der Waals surface area (Å²) >= 11 is 2.40. The first-order valence-electron chi connectivity index (χ1n) is 11.0. The summed E-state index contributed by atoms with van der Waals surface area (Å²) in [5, 5.41) is 0. The molecule has 1 heteroatoms. The zero-order valence-corrected chi connectivity index (χ0v) is 19.5. The van der Waals surface area contributed by atoms with Gasteiger partial charge in [-0.2, -0.15) is 0 Å².